The first-order valence-corrected chi connectivity index (χ1v) is 12.5. The van der Waals surface area contributed by atoms with Crippen molar-refractivity contribution in [2.75, 3.05) is 26.2 Å². The SMILES string of the molecule is CC(C)C(C(=O)N1CCN(S(=O)(=O)c2cccc(Cl)c2)CC1)N1C(=O)c2ccccc2C1=O. The molecule has 4 rings (SSSR count). The Hall–Kier alpha value is -2.75. The maximum absolute atomic E-state index is 13.4. The second kappa shape index (κ2) is 8.89. The van der Waals surface area contributed by atoms with Crippen LogP contribution in [0.4, 0.5) is 0 Å². The van der Waals surface area contributed by atoms with E-state index < -0.39 is 27.9 Å². The molecule has 0 saturated carbocycles. The molecule has 1 unspecified atom stereocenters. The molecule has 1 saturated heterocycles. The fraction of sp³-hybridized carbons (Fsp3) is 0.348. The van der Waals surface area contributed by atoms with Gasteiger partial charge in [0.15, 0.2) is 0 Å². The Labute approximate surface area is 197 Å². The minimum atomic E-state index is -3.75. The number of hydrogen-bond donors (Lipinski definition) is 0. The first kappa shape index (κ1) is 23.4. The van der Waals surface area contributed by atoms with Crippen LogP contribution in [0.3, 0.4) is 0 Å². The number of rotatable bonds is 5. The fourth-order valence-corrected chi connectivity index (χ4v) is 5.99. The Bertz CT molecular complexity index is 1190. The van der Waals surface area contributed by atoms with Crippen LogP contribution < -0.4 is 0 Å². The Kier molecular flexibility index (Phi) is 6.30. The summed E-state index contributed by atoms with van der Waals surface area (Å²) in [6.07, 6.45) is 0. The number of piperazine rings is 1. The van der Waals surface area contributed by atoms with E-state index in [1.165, 1.54) is 21.3 Å². The Morgan fingerprint density at radius 3 is 2.00 bits per heavy atom. The number of carbonyl (C=O) groups excluding carboxylic acids is 3. The van der Waals surface area contributed by atoms with Gasteiger partial charge in [0.2, 0.25) is 15.9 Å². The molecular weight excluding hydrogens is 466 g/mol. The van der Waals surface area contributed by atoms with Crippen molar-refractivity contribution in [2.24, 2.45) is 5.92 Å². The van der Waals surface area contributed by atoms with Gasteiger partial charge in [-0.2, -0.15) is 4.31 Å². The first-order valence-electron chi connectivity index (χ1n) is 10.6. The summed E-state index contributed by atoms with van der Waals surface area (Å²) in [5.74, 6) is -1.64. The van der Waals surface area contributed by atoms with E-state index in [1.807, 2.05) is 0 Å². The van der Waals surface area contributed by atoms with Crippen molar-refractivity contribution in [3.05, 3.63) is 64.7 Å². The maximum atomic E-state index is 13.4. The fourth-order valence-electron chi connectivity index (χ4n) is 4.27. The van der Waals surface area contributed by atoms with E-state index in [4.69, 9.17) is 11.6 Å². The standard InChI is InChI=1S/C23H24ClN3O5S/c1-15(2)20(27-21(28)18-8-3-4-9-19(18)22(27)29)23(30)25-10-12-26(13-11-25)33(31,32)17-7-5-6-16(24)14-17/h3-9,14-15,20H,10-13H2,1-2H3. The molecule has 0 N–H and O–H groups in total. The third kappa shape index (κ3) is 4.16. The second-order valence-electron chi connectivity index (χ2n) is 8.40. The minimum Gasteiger partial charge on any atom is -0.338 e. The van der Waals surface area contributed by atoms with Crippen LogP contribution in [0.2, 0.25) is 5.02 Å². The van der Waals surface area contributed by atoms with Crippen molar-refractivity contribution in [1.82, 2.24) is 14.1 Å². The Balaban J connectivity index is 1.50. The highest BCUT2D eigenvalue weighted by molar-refractivity contribution is 7.89. The van der Waals surface area contributed by atoms with Gasteiger partial charge in [0.25, 0.3) is 11.8 Å². The summed E-state index contributed by atoms with van der Waals surface area (Å²) in [6, 6.07) is 11.6. The quantitative estimate of drug-likeness (QED) is 0.601. The molecule has 2 aromatic rings. The molecule has 0 radical (unpaired) electrons. The number of imide groups is 1. The van der Waals surface area contributed by atoms with Crippen molar-refractivity contribution < 1.29 is 22.8 Å². The lowest BCUT2D eigenvalue weighted by Crippen LogP contribution is -2.58. The number of benzene rings is 2. The number of hydrogen-bond acceptors (Lipinski definition) is 5. The van der Waals surface area contributed by atoms with Crippen molar-refractivity contribution in [2.45, 2.75) is 24.8 Å². The number of halogens is 1. The van der Waals surface area contributed by atoms with Crippen LogP contribution in [0.1, 0.15) is 34.6 Å². The van der Waals surface area contributed by atoms with Crippen molar-refractivity contribution >= 4 is 39.3 Å². The monoisotopic (exact) mass is 489 g/mol. The van der Waals surface area contributed by atoms with Crippen LogP contribution >= 0.6 is 11.6 Å². The normalized spacial score (nSPS) is 18.1. The van der Waals surface area contributed by atoms with Crippen LogP contribution in [-0.4, -0.2) is 72.5 Å². The maximum Gasteiger partial charge on any atom is 0.262 e. The molecule has 0 bridgehead atoms. The van der Waals surface area contributed by atoms with Gasteiger partial charge < -0.3 is 4.90 Å². The summed E-state index contributed by atoms with van der Waals surface area (Å²) in [7, 11) is -3.75. The Morgan fingerprint density at radius 2 is 1.48 bits per heavy atom. The lowest BCUT2D eigenvalue weighted by atomic mass is 10.0. The van der Waals surface area contributed by atoms with E-state index in [2.05, 4.69) is 0 Å². The third-order valence-electron chi connectivity index (χ3n) is 5.97. The predicted octanol–water partition coefficient (Wildman–Crippen LogP) is 2.49. The number of nitrogens with zero attached hydrogens (tertiary/aromatic N) is 3. The molecule has 1 atom stereocenters. The molecule has 2 heterocycles. The topological polar surface area (TPSA) is 95.1 Å². The minimum absolute atomic E-state index is 0.0980. The van der Waals surface area contributed by atoms with Gasteiger partial charge in [0.05, 0.1) is 16.0 Å². The van der Waals surface area contributed by atoms with E-state index in [0.717, 1.165) is 4.90 Å². The summed E-state index contributed by atoms with van der Waals surface area (Å²) >= 11 is 5.94. The molecule has 2 aliphatic rings. The van der Waals surface area contributed by atoms with Crippen molar-refractivity contribution in [3.63, 3.8) is 0 Å². The molecule has 0 aliphatic carbocycles. The smallest absolute Gasteiger partial charge is 0.262 e. The van der Waals surface area contributed by atoms with E-state index in [1.54, 1.807) is 50.2 Å². The van der Waals surface area contributed by atoms with Gasteiger partial charge in [-0.3, -0.25) is 19.3 Å². The van der Waals surface area contributed by atoms with Gasteiger partial charge in [-0.05, 0) is 36.2 Å². The van der Waals surface area contributed by atoms with Crippen LogP contribution in [0.5, 0.6) is 0 Å². The van der Waals surface area contributed by atoms with Crippen LogP contribution in [0, 0.1) is 5.92 Å². The number of carbonyl (C=O) groups is 3. The highest BCUT2D eigenvalue weighted by atomic mass is 35.5. The van der Waals surface area contributed by atoms with E-state index >= 15 is 0 Å². The van der Waals surface area contributed by atoms with E-state index in [-0.39, 0.29) is 42.9 Å². The number of fused-ring (bicyclic) bond motifs is 1. The van der Waals surface area contributed by atoms with Gasteiger partial charge in [-0.15, -0.1) is 0 Å². The third-order valence-corrected chi connectivity index (χ3v) is 8.10. The summed E-state index contributed by atoms with van der Waals surface area (Å²) in [5.41, 5.74) is 0.580. The molecule has 10 heteroatoms. The molecule has 33 heavy (non-hydrogen) atoms. The molecule has 8 nitrogen and oxygen atoms in total. The van der Waals surface area contributed by atoms with Gasteiger partial charge in [-0.25, -0.2) is 8.42 Å². The summed E-state index contributed by atoms with van der Waals surface area (Å²) in [5, 5.41) is 0.325. The zero-order valence-electron chi connectivity index (χ0n) is 18.3. The molecule has 2 aromatic carbocycles. The second-order valence-corrected chi connectivity index (χ2v) is 10.8. The van der Waals surface area contributed by atoms with Crippen molar-refractivity contribution in [1.29, 1.82) is 0 Å². The average Bonchev–Trinajstić information content (AvgIpc) is 3.04. The Morgan fingerprint density at radius 1 is 0.909 bits per heavy atom. The van der Waals surface area contributed by atoms with Gasteiger partial charge in [-0.1, -0.05) is 43.6 Å². The number of amides is 3. The summed E-state index contributed by atoms with van der Waals surface area (Å²) in [6.45, 7) is 4.09. The molecule has 2 aliphatic heterocycles. The highest BCUT2D eigenvalue weighted by Crippen LogP contribution is 2.29. The highest BCUT2D eigenvalue weighted by Gasteiger charge is 2.45. The molecule has 174 valence electrons. The van der Waals surface area contributed by atoms with Gasteiger partial charge in [0, 0.05) is 31.2 Å². The van der Waals surface area contributed by atoms with E-state index in [0.29, 0.717) is 16.1 Å². The largest absolute Gasteiger partial charge is 0.338 e. The van der Waals surface area contributed by atoms with Crippen LogP contribution in [0.15, 0.2) is 53.4 Å². The summed E-state index contributed by atoms with van der Waals surface area (Å²) in [4.78, 5) is 42.0. The molecule has 0 aromatic heterocycles. The summed E-state index contributed by atoms with van der Waals surface area (Å²) < 4.78 is 27.2. The van der Waals surface area contributed by atoms with Gasteiger partial charge >= 0.3 is 0 Å². The van der Waals surface area contributed by atoms with Crippen molar-refractivity contribution in [3.8, 4) is 0 Å². The zero-order chi connectivity index (χ0) is 23.9. The average molecular weight is 490 g/mol. The molecular formula is C23H24ClN3O5S. The van der Waals surface area contributed by atoms with Crippen LogP contribution in [-0.2, 0) is 14.8 Å². The molecule has 1 fully saturated rings. The lowest BCUT2D eigenvalue weighted by molar-refractivity contribution is -0.138. The number of sulfonamides is 1. The lowest BCUT2D eigenvalue weighted by Gasteiger charge is -2.38. The zero-order valence-corrected chi connectivity index (χ0v) is 19.8. The van der Waals surface area contributed by atoms with E-state index in [9.17, 15) is 22.8 Å². The molecule has 0 spiro atoms. The first-order chi connectivity index (χ1) is 15.6. The van der Waals surface area contributed by atoms with Crippen LogP contribution in [0.25, 0.3) is 0 Å². The van der Waals surface area contributed by atoms with Gasteiger partial charge in [0.1, 0.15) is 6.04 Å². The predicted molar refractivity (Wildman–Crippen MR) is 122 cm³/mol. The molecule has 3 amide bonds.